The topological polar surface area (TPSA) is 71.4 Å². The minimum Gasteiger partial charge on any atom is -0.478 e. The average Bonchev–Trinajstić information content (AvgIpc) is 2.26. The molecule has 0 spiro atoms. The molecule has 0 atom stereocenters. The van der Waals surface area contributed by atoms with Gasteiger partial charge in [0.05, 0.1) is 16.2 Å². The van der Waals surface area contributed by atoms with Crippen molar-refractivity contribution in [2.45, 2.75) is 24.7 Å². The van der Waals surface area contributed by atoms with Crippen molar-refractivity contribution in [2.75, 3.05) is 5.75 Å². The molecule has 6 heteroatoms. The Labute approximate surface area is 99.0 Å². The largest absolute Gasteiger partial charge is 0.478 e. The second kappa shape index (κ2) is 5.27. The Morgan fingerprint density at radius 3 is 2.59 bits per heavy atom. The maximum atomic E-state index is 13.1. The van der Waals surface area contributed by atoms with Crippen molar-refractivity contribution in [1.82, 2.24) is 0 Å². The van der Waals surface area contributed by atoms with Crippen molar-refractivity contribution >= 4 is 15.8 Å². The summed E-state index contributed by atoms with van der Waals surface area (Å²) in [5.41, 5.74) is -0.623. The van der Waals surface area contributed by atoms with Gasteiger partial charge in [0.15, 0.2) is 9.84 Å². The summed E-state index contributed by atoms with van der Waals surface area (Å²) in [7, 11) is -3.53. The number of carboxylic acids is 1. The first-order chi connectivity index (χ1) is 7.88. The summed E-state index contributed by atoms with van der Waals surface area (Å²) in [6.45, 7) is 1.85. The van der Waals surface area contributed by atoms with E-state index in [0.29, 0.717) is 12.8 Å². The molecule has 94 valence electrons. The number of hydrogen-bond donors (Lipinski definition) is 1. The molecule has 1 rings (SSSR count). The van der Waals surface area contributed by atoms with Crippen LogP contribution in [0.4, 0.5) is 4.39 Å². The first kappa shape index (κ1) is 13.6. The molecule has 0 heterocycles. The SMILES string of the molecule is CCCCS(=O)(=O)c1ccc(F)c(C(=O)O)c1. The molecule has 0 aromatic heterocycles. The third-order valence-corrected chi connectivity index (χ3v) is 4.09. The minimum atomic E-state index is -3.53. The number of rotatable bonds is 5. The lowest BCUT2D eigenvalue weighted by Gasteiger charge is -2.05. The predicted octanol–water partition coefficient (Wildman–Crippen LogP) is 2.10. The Morgan fingerprint density at radius 1 is 1.41 bits per heavy atom. The summed E-state index contributed by atoms with van der Waals surface area (Å²) in [5.74, 6) is -2.48. The molecule has 0 radical (unpaired) electrons. The number of halogens is 1. The summed E-state index contributed by atoms with van der Waals surface area (Å²) < 4.78 is 36.6. The van der Waals surface area contributed by atoms with Crippen LogP contribution in [0.5, 0.6) is 0 Å². The van der Waals surface area contributed by atoms with E-state index in [0.717, 1.165) is 18.2 Å². The Bertz CT molecular complexity index is 522. The van der Waals surface area contributed by atoms with E-state index in [2.05, 4.69) is 0 Å². The summed E-state index contributed by atoms with van der Waals surface area (Å²) in [6, 6.07) is 2.82. The van der Waals surface area contributed by atoms with E-state index in [4.69, 9.17) is 5.11 Å². The molecule has 17 heavy (non-hydrogen) atoms. The molecule has 0 saturated carbocycles. The molecular weight excluding hydrogens is 247 g/mol. The van der Waals surface area contributed by atoms with Crippen LogP contribution in [0.25, 0.3) is 0 Å². The van der Waals surface area contributed by atoms with Crippen LogP contribution in [-0.2, 0) is 9.84 Å². The normalized spacial score (nSPS) is 11.4. The van der Waals surface area contributed by atoms with Gasteiger partial charge in [-0.05, 0) is 24.6 Å². The van der Waals surface area contributed by atoms with Gasteiger partial charge >= 0.3 is 5.97 Å². The zero-order valence-corrected chi connectivity index (χ0v) is 10.1. The molecule has 1 aromatic carbocycles. The molecule has 0 aliphatic carbocycles. The van der Waals surface area contributed by atoms with Gasteiger partial charge in [0.1, 0.15) is 5.82 Å². The summed E-state index contributed by atoms with van der Waals surface area (Å²) in [5, 5.41) is 8.70. The number of hydrogen-bond acceptors (Lipinski definition) is 3. The Hall–Kier alpha value is -1.43. The van der Waals surface area contributed by atoms with E-state index in [-0.39, 0.29) is 10.6 Å². The lowest BCUT2D eigenvalue weighted by atomic mass is 10.2. The zero-order chi connectivity index (χ0) is 13.1. The van der Waals surface area contributed by atoms with E-state index in [1.807, 2.05) is 6.92 Å². The number of carboxylic acid groups (broad SMARTS) is 1. The van der Waals surface area contributed by atoms with Gasteiger partial charge in [-0.15, -0.1) is 0 Å². The molecule has 1 N–H and O–H groups in total. The van der Waals surface area contributed by atoms with Gasteiger partial charge in [0, 0.05) is 0 Å². The summed E-state index contributed by atoms with van der Waals surface area (Å²) in [6.07, 6.45) is 1.20. The fourth-order valence-corrected chi connectivity index (χ4v) is 2.79. The van der Waals surface area contributed by atoms with Crippen LogP contribution in [0.15, 0.2) is 23.1 Å². The van der Waals surface area contributed by atoms with E-state index < -0.39 is 27.2 Å². The van der Waals surface area contributed by atoms with Gasteiger partial charge in [0.25, 0.3) is 0 Å². The highest BCUT2D eigenvalue weighted by Crippen LogP contribution is 2.17. The third kappa shape index (κ3) is 3.26. The van der Waals surface area contributed by atoms with Crippen molar-refractivity contribution in [1.29, 1.82) is 0 Å². The average molecular weight is 260 g/mol. The van der Waals surface area contributed by atoms with Gasteiger partial charge in [0.2, 0.25) is 0 Å². The second-order valence-electron chi connectivity index (χ2n) is 3.62. The Morgan fingerprint density at radius 2 is 2.06 bits per heavy atom. The fourth-order valence-electron chi connectivity index (χ4n) is 1.31. The zero-order valence-electron chi connectivity index (χ0n) is 9.31. The maximum absolute atomic E-state index is 13.1. The molecule has 0 fully saturated rings. The van der Waals surface area contributed by atoms with Crippen LogP contribution in [0.2, 0.25) is 0 Å². The van der Waals surface area contributed by atoms with E-state index >= 15 is 0 Å². The van der Waals surface area contributed by atoms with Gasteiger partial charge < -0.3 is 5.11 Å². The van der Waals surface area contributed by atoms with Crippen molar-refractivity contribution in [3.05, 3.63) is 29.6 Å². The molecule has 0 aliphatic rings. The molecule has 4 nitrogen and oxygen atoms in total. The number of aromatic carboxylic acids is 1. The first-order valence-corrected chi connectivity index (χ1v) is 6.79. The summed E-state index contributed by atoms with van der Waals surface area (Å²) in [4.78, 5) is 10.5. The van der Waals surface area contributed by atoms with Gasteiger partial charge in [-0.25, -0.2) is 17.6 Å². The lowest BCUT2D eigenvalue weighted by molar-refractivity contribution is 0.0691. The van der Waals surface area contributed by atoms with Crippen molar-refractivity contribution in [3.8, 4) is 0 Å². The molecule has 0 amide bonds. The van der Waals surface area contributed by atoms with E-state index in [1.165, 1.54) is 0 Å². The standard InChI is InChI=1S/C11H13FO4S/c1-2-3-6-17(15,16)8-4-5-10(12)9(7-8)11(13)14/h4-5,7H,2-3,6H2,1H3,(H,13,14). The van der Waals surface area contributed by atoms with Crippen LogP contribution in [0.3, 0.4) is 0 Å². The van der Waals surface area contributed by atoms with Crippen LogP contribution < -0.4 is 0 Å². The van der Waals surface area contributed by atoms with Crippen molar-refractivity contribution in [3.63, 3.8) is 0 Å². The highest BCUT2D eigenvalue weighted by molar-refractivity contribution is 7.91. The van der Waals surface area contributed by atoms with Crippen molar-refractivity contribution < 1.29 is 22.7 Å². The van der Waals surface area contributed by atoms with Gasteiger partial charge in [-0.2, -0.15) is 0 Å². The van der Waals surface area contributed by atoms with Crippen LogP contribution in [0.1, 0.15) is 30.1 Å². The smallest absolute Gasteiger partial charge is 0.338 e. The van der Waals surface area contributed by atoms with E-state index in [1.54, 1.807) is 0 Å². The van der Waals surface area contributed by atoms with Gasteiger partial charge in [-0.3, -0.25) is 0 Å². The quantitative estimate of drug-likeness (QED) is 0.823. The van der Waals surface area contributed by atoms with Crippen LogP contribution in [0, 0.1) is 5.82 Å². The van der Waals surface area contributed by atoms with Crippen LogP contribution in [-0.4, -0.2) is 25.2 Å². The highest BCUT2D eigenvalue weighted by Gasteiger charge is 2.18. The predicted molar refractivity (Wildman–Crippen MR) is 60.3 cm³/mol. The number of unbranched alkanes of at least 4 members (excludes halogenated alkanes) is 1. The monoisotopic (exact) mass is 260 g/mol. The summed E-state index contributed by atoms with van der Waals surface area (Å²) >= 11 is 0. The van der Waals surface area contributed by atoms with E-state index in [9.17, 15) is 17.6 Å². The third-order valence-electron chi connectivity index (χ3n) is 2.29. The first-order valence-electron chi connectivity index (χ1n) is 5.14. The number of sulfone groups is 1. The number of carbonyl (C=O) groups is 1. The minimum absolute atomic E-state index is 0.0613. The highest BCUT2D eigenvalue weighted by atomic mass is 32.2. The molecule has 1 aromatic rings. The van der Waals surface area contributed by atoms with Crippen LogP contribution >= 0.6 is 0 Å². The molecule has 0 unspecified atom stereocenters. The fraction of sp³-hybridized carbons (Fsp3) is 0.364. The van der Waals surface area contributed by atoms with Crippen molar-refractivity contribution in [2.24, 2.45) is 0 Å². The maximum Gasteiger partial charge on any atom is 0.338 e. The molecule has 0 aliphatic heterocycles. The lowest BCUT2D eigenvalue weighted by Crippen LogP contribution is -2.09. The molecular formula is C11H13FO4S. The number of benzene rings is 1. The second-order valence-corrected chi connectivity index (χ2v) is 5.73. The Balaban J connectivity index is 3.16. The Kier molecular flexibility index (Phi) is 4.22. The molecule has 0 bridgehead atoms. The van der Waals surface area contributed by atoms with Gasteiger partial charge in [-0.1, -0.05) is 13.3 Å². The molecule has 0 saturated heterocycles.